The number of imidazole rings is 1. The average Bonchev–Trinajstić information content (AvgIpc) is 3.33. The molecule has 5 nitrogen and oxygen atoms in total. The number of H-pyrrole nitrogens is 1. The van der Waals surface area contributed by atoms with E-state index in [0.717, 1.165) is 39.2 Å². The lowest BCUT2D eigenvalue weighted by Crippen LogP contribution is -2.36. The van der Waals surface area contributed by atoms with Crippen molar-refractivity contribution in [3.8, 4) is 22.5 Å². The first-order valence-electron chi connectivity index (χ1n) is 10.2. The molecule has 6 heteroatoms. The van der Waals surface area contributed by atoms with Crippen molar-refractivity contribution in [1.82, 2.24) is 9.97 Å². The molecule has 4 aromatic rings. The van der Waals surface area contributed by atoms with Crippen LogP contribution < -0.4 is 10.6 Å². The maximum absolute atomic E-state index is 14.8. The number of anilines is 1. The topological polar surface area (TPSA) is 67.2 Å². The maximum Gasteiger partial charge on any atom is 0.148 e. The molecule has 0 radical (unpaired) electrons. The third kappa shape index (κ3) is 2.57. The molecule has 1 unspecified atom stereocenters. The van der Waals surface area contributed by atoms with Crippen LogP contribution in [-0.4, -0.2) is 36.3 Å². The van der Waals surface area contributed by atoms with Crippen LogP contribution in [0.15, 0.2) is 54.6 Å². The fourth-order valence-corrected chi connectivity index (χ4v) is 4.68. The van der Waals surface area contributed by atoms with E-state index >= 15 is 0 Å². The fraction of sp³-hybridized carbons (Fsp3) is 0.208. The Hall–Kier alpha value is -3.22. The average molecular weight is 400 g/mol. The Balaban J connectivity index is 1.50. The van der Waals surface area contributed by atoms with E-state index < -0.39 is 0 Å². The largest absolute Gasteiger partial charge is 0.378 e. The van der Waals surface area contributed by atoms with Gasteiger partial charge in [0, 0.05) is 24.7 Å². The SMILES string of the molecule is NC1c2ccccc2-c2c(-c3nc4cc(N5CCOCC5)c(F)cc4[nH]3)cccc21. The molecule has 30 heavy (non-hydrogen) atoms. The van der Waals surface area contributed by atoms with Crippen LogP contribution in [0.1, 0.15) is 17.2 Å². The normalized spacial score (nSPS) is 17.9. The summed E-state index contributed by atoms with van der Waals surface area (Å²) in [5.41, 5.74) is 14.0. The molecule has 0 amide bonds. The lowest BCUT2D eigenvalue weighted by Gasteiger charge is -2.29. The highest BCUT2D eigenvalue weighted by Gasteiger charge is 2.28. The molecule has 150 valence electrons. The molecule has 6 rings (SSSR count). The molecule has 1 saturated heterocycles. The number of rotatable bonds is 2. The molecule has 2 aliphatic rings. The van der Waals surface area contributed by atoms with Crippen molar-refractivity contribution in [2.24, 2.45) is 5.73 Å². The molecule has 2 heterocycles. The van der Waals surface area contributed by atoms with Gasteiger partial charge in [0.15, 0.2) is 0 Å². The Kier molecular flexibility index (Phi) is 3.91. The van der Waals surface area contributed by atoms with E-state index in [-0.39, 0.29) is 11.9 Å². The van der Waals surface area contributed by atoms with Gasteiger partial charge >= 0.3 is 0 Å². The number of aromatic amines is 1. The minimum absolute atomic E-state index is 0.147. The van der Waals surface area contributed by atoms with Crippen LogP contribution in [0.5, 0.6) is 0 Å². The first-order valence-corrected chi connectivity index (χ1v) is 10.2. The van der Waals surface area contributed by atoms with Gasteiger partial charge in [-0.05, 0) is 28.3 Å². The number of halogens is 1. The number of ether oxygens (including phenoxy) is 1. The zero-order valence-electron chi connectivity index (χ0n) is 16.4. The highest BCUT2D eigenvalue weighted by atomic mass is 19.1. The number of hydrogen-bond acceptors (Lipinski definition) is 4. The number of morpholine rings is 1. The Morgan fingerprint density at radius 1 is 1.00 bits per heavy atom. The van der Waals surface area contributed by atoms with Crippen LogP contribution in [0.3, 0.4) is 0 Å². The van der Waals surface area contributed by atoms with Crippen molar-refractivity contribution >= 4 is 16.7 Å². The van der Waals surface area contributed by atoms with Crippen LogP contribution in [-0.2, 0) is 4.74 Å². The predicted octanol–water partition coefficient (Wildman–Crippen LogP) is 4.23. The van der Waals surface area contributed by atoms with Crippen LogP contribution in [0.25, 0.3) is 33.5 Å². The maximum atomic E-state index is 14.8. The molecular weight excluding hydrogens is 379 g/mol. The van der Waals surface area contributed by atoms with E-state index in [0.29, 0.717) is 37.5 Å². The van der Waals surface area contributed by atoms with E-state index in [4.69, 9.17) is 15.5 Å². The highest BCUT2D eigenvalue weighted by Crippen LogP contribution is 2.46. The summed E-state index contributed by atoms with van der Waals surface area (Å²) in [7, 11) is 0. The third-order valence-corrected chi connectivity index (χ3v) is 6.15. The second kappa shape index (κ2) is 6.65. The first-order chi connectivity index (χ1) is 14.7. The standard InChI is InChI=1S/C24H21FN4O/c25-18-12-19-20(13-21(18)29-8-10-30-11-9-29)28-24(27-19)17-7-3-6-16-22(17)14-4-1-2-5-15(14)23(16)26/h1-7,12-13,23H,8-11,26H2,(H,27,28). The summed E-state index contributed by atoms with van der Waals surface area (Å²) in [5, 5.41) is 0. The Labute approximate surface area is 173 Å². The number of nitrogens with zero attached hydrogens (tertiary/aromatic N) is 2. The molecule has 1 fully saturated rings. The Bertz CT molecular complexity index is 1280. The van der Waals surface area contributed by atoms with E-state index in [1.54, 1.807) is 6.07 Å². The van der Waals surface area contributed by atoms with Crippen molar-refractivity contribution in [2.75, 3.05) is 31.2 Å². The third-order valence-electron chi connectivity index (χ3n) is 6.15. The summed E-state index contributed by atoms with van der Waals surface area (Å²) in [5.74, 6) is 0.481. The highest BCUT2D eigenvalue weighted by molar-refractivity contribution is 5.92. The minimum Gasteiger partial charge on any atom is -0.378 e. The summed E-state index contributed by atoms with van der Waals surface area (Å²) < 4.78 is 20.2. The monoisotopic (exact) mass is 400 g/mol. The smallest absolute Gasteiger partial charge is 0.148 e. The summed E-state index contributed by atoms with van der Waals surface area (Å²) in [6.07, 6.45) is 0. The number of hydrogen-bond donors (Lipinski definition) is 2. The van der Waals surface area contributed by atoms with Gasteiger partial charge in [-0.2, -0.15) is 0 Å². The lowest BCUT2D eigenvalue weighted by atomic mass is 9.99. The predicted molar refractivity (Wildman–Crippen MR) is 116 cm³/mol. The number of benzene rings is 3. The van der Waals surface area contributed by atoms with Crippen LogP contribution in [0, 0.1) is 5.82 Å². The summed E-state index contributed by atoms with van der Waals surface area (Å²) in [6, 6.07) is 17.6. The van der Waals surface area contributed by atoms with Crippen LogP contribution in [0.2, 0.25) is 0 Å². The molecule has 3 N–H and O–H groups in total. The molecule has 1 aromatic heterocycles. The second-order valence-corrected chi connectivity index (χ2v) is 7.84. The van der Waals surface area contributed by atoms with Crippen molar-refractivity contribution in [2.45, 2.75) is 6.04 Å². The number of fused-ring (bicyclic) bond motifs is 4. The van der Waals surface area contributed by atoms with E-state index in [9.17, 15) is 4.39 Å². The lowest BCUT2D eigenvalue weighted by molar-refractivity contribution is 0.122. The van der Waals surface area contributed by atoms with Crippen molar-refractivity contribution in [3.63, 3.8) is 0 Å². The molecule has 0 spiro atoms. The molecule has 3 aromatic carbocycles. The zero-order valence-corrected chi connectivity index (χ0v) is 16.4. The summed E-state index contributed by atoms with van der Waals surface area (Å²) in [6.45, 7) is 2.58. The number of nitrogens with one attached hydrogen (secondary N) is 1. The Morgan fingerprint density at radius 2 is 1.77 bits per heavy atom. The first kappa shape index (κ1) is 17.6. The van der Waals surface area contributed by atoms with E-state index in [2.05, 4.69) is 23.2 Å². The fourth-order valence-electron chi connectivity index (χ4n) is 4.68. The van der Waals surface area contributed by atoms with Gasteiger partial charge in [0.1, 0.15) is 11.6 Å². The van der Waals surface area contributed by atoms with Gasteiger partial charge in [0.25, 0.3) is 0 Å². The van der Waals surface area contributed by atoms with E-state index in [1.165, 1.54) is 0 Å². The number of nitrogens with two attached hydrogens (primary N) is 1. The summed E-state index contributed by atoms with van der Waals surface area (Å²) in [4.78, 5) is 10.2. The van der Waals surface area contributed by atoms with Gasteiger partial charge in [0.05, 0.1) is 36.0 Å². The van der Waals surface area contributed by atoms with Crippen molar-refractivity contribution in [1.29, 1.82) is 0 Å². The molecule has 0 saturated carbocycles. The van der Waals surface area contributed by atoms with Gasteiger partial charge in [-0.15, -0.1) is 0 Å². The summed E-state index contributed by atoms with van der Waals surface area (Å²) >= 11 is 0. The van der Waals surface area contributed by atoms with Gasteiger partial charge in [-0.1, -0.05) is 42.5 Å². The molecule has 1 atom stereocenters. The molecular formula is C24H21FN4O. The van der Waals surface area contributed by atoms with Gasteiger partial charge in [-0.3, -0.25) is 0 Å². The zero-order chi connectivity index (χ0) is 20.2. The number of aromatic nitrogens is 2. The molecule has 1 aliphatic heterocycles. The van der Waals surface area contributed by atoms with Crippen LogP contribution >= 0.6 is 0 Å². The van der Waals surface area contributed by atoms with Gasteiger partial charge in [-0.25, -0.2) is 9.37 Å². The van der Waals surface area contributed by atoms with Gasteiger partial charge < -0.3 is 20.4 Å². The Morgan fingerprint density at radius 3 is 2.63 bits per heavy atom. The van der Waals surface area contributed by atoms with Crippen LogP contribution in [0.4, 0.5) is 10.1 Å². The van der Waals surface area contributed by atoms with E-state index in [1.807, 2.05) is 35.2 Å². The minimum atomic E-state index is -0.245. The molecule has 0 bridgehead atoms. The molecule has 1 aliphatic carbocycles. The van der Waals surface area contributed by atoms with Gasteiger partial charge in [0.2, 0.25) is 0 Å². The second-order valence-electron chi connectivity index (χ2n) is 7.84. The quantitative estimate of drug-likeness (QED) is 0.528. The van der Waals surface area contributed by atoms with Crippen molar-refractivity contribution in [3.05, 3.63) is 71.5 Å². The van der Waals surface area contributed by atoms with Crippen molar-refractivity contribution < 1.29 is 9.13 Å².